The molecule has 17 heavy (non-hydrogen) atoms. The molecular weight excluding hydrogens is 222 g/mol. The Morgan fingerprint density at radius 3 is 2.88 bits per heavy atom. The molecule has 0 aliphatic carbocycles. The van der Waals surface area contributed by atoms with E-state index < -0.39 is 6.10 Å². The molecule has 1 unspecified atom stereocenters. The summed E-state index contributed by atoms with van der Waals surface area (Å²) in [4.78, 5) is 9.88. The lowest BCUT2D eigenvalue weighted by molar-refractivity contribution is 0.0694. The Balaban J connectivity index is 2.74. The number of ether oxygens (including phenoxy) is 1. The topological polar surface area (TPSA) is 96.5 Å². The van der Waals surface area contributed by atoms with Crippen LogP contribution in [0.3, 0.4) is 0 Å². The van der Waals surface area contributed by atoms with Gasteiger partial charge in [-0.05, 0) is 0 Å². The van der Waals surface area contributed by atoms with Crippen LogP contribution in [-0.2, 0) is 4.74 Å². The molecule has 0 fully saturated rings. The van der Waals surface area contributed by atoms with Crippen LogP contribution in [0, 0.1) is 0 Å². The summed E-state index contributed by atoms with van der Waals surface area (Å²) in [6.07, 6.45) is -0.570. The summed E-state index contributed by atoms with van der Waals surface area (Å²) >= 11 is 0. The van der Waals surface area contributed by atoms with Gasteiger partial charge < -0.3 is 25.8 Å². The third-order valence-corrected chi connectivity index (χ3v) is 2.22. The van der Waals surface area contributed by atoms with Crippen molar-refractivity contribution >= 4 is 17.6 Å². The average Bonchev–Trinajstić information content (AvgIpc) is 2.28. The van der Waals surface area contributed by atoms with Gasteiger partial charge in [-0.1, -0.05) is 0 Å². The average molecular weight is 241 g/mol. The summed E-state index contributed by atoms with van der Waals surface area (Å²) in [5.74, 6) is 1.48. The first-order chi connectivity index (χ1) is 8.06. The predicted octanol–water partition coefficient (Wildman–Crippen LogP) is -0.456. The van der Waals surface area contributed by atoms with Crippen LogP contribution in [-0.4, -0.2) is 55.5 Å². The number of methoxy groups -OCH3 is 1. The first-order valence-electron chi connectivity index (χ1n) is 5.27. The van der Waals surface area contributed by atoms with Gasteiger partial charge in [0.15, 0.2) is 0 Å². The van der Waals surface area contributed by atoms with Crippen LogP contribution in [0.1, 0.15) is 0 Å². The second-order valence-corrected chi connectivity index (χ2v) is 3.71. The van der Waals surface area contributed by atoms with Gasteiger partial charge in [0, 0.05) is 33.8 Å². The molecule has 1 rings (SSSR count). The van der Waals surface area contributed by atoms with E-state index in [9.17, 15) is 5.11 Å². The van der Waals surface area contributed by atoms with Crippen molar-refractivity contribution in [1.29, 1.82) is 0 Å². The van der Waals surface area contributed by atoms with Crippen LogP contribution in [0.25, 0.3) is 0 Å². The van der Waals surface area contributed by atoms with E-state index in [0.29, 0.717) is 18.2 Å². The number of anilines is 3. The van der Waals surface area contributed by atoms with Crippen molar-refractivity contribution in [2.75, 3.05) is 50.3 Å². The van der Waals surface area contributed by atoms with Gasteiger partial charge in [-0.3, -0.25) is 0 Å². The molecule has 0 bridgehead atoms. The Labute approximate surface area is 101 Å². The molecule has 7 nitrogen and oxygen atoms in total. The smallest absolute Gasteiger partial charge is 0.223 e. The zero-order valence-electron chi connectivity index (χ0n) is 10.3. The van der Waals surface area contributed by atoms with E-state index in [4.69, 9.17) is 10.5 Å². The summed E-state index contributed by atoms with van der Waals surface area (Å²) < 4.78 is 4.86. The fourth-order valence-electron chi connectivity index (χ4n) is 1.43. The number of nitrogens with zero attached hydrogens (tertiary/aromatic N) is 3. The van der Waals surface area contributed by atoms with Gasteiger partial charge in [-0.15, -0.1) is 0 Å². The summed E-state index contributed by atoms with van der Waals surface area (Å²) in [7, 11) is 5.12. The zero-order valence-corrected chi connectivity index (χ0v) is 10.3. The molecule has 96 valence electrons. The van der Waals surface area contributed by atoms with E-state index in [0.717, 1.165) is 0 Å². The minimum atomic E-state index is -0.570. The molecule has 0 aliphatic heterocycles. The van der Waals surface area contributed by atoms with Gasteiger partial charge in [0.05, 0.1) is 12.7 Å². The molecular formula is C10H19N5O2. The lowest BCUT2D eigenvalue weighted by Gasteiger charge is -2.21. The molecule has 1 heterocycles. The number of likely N-dealkylation sites (N-methyl/N-ethyl adjacent to an activating group) is 1. The maximum absolute atomic E-state index is 9.62. The number of aliphatic hydroxyl groups is 1. The summed E-state index contributed by atoms with van der Waals surface area (Å²) in [5, 5.41) is 12.5. The molecule has 0 amide bonds. The van der Waals surface area contributed by atoms with Gasteiger partial charge in [-0.25, -0.2) is 0 Å². The van der Waals surface area contributed by atoms with Crippen LogP contribution >= 0.6 is 0 Å². The molecule has 0 saturated heterocycles. The molecule has 7 heteroatoms. The minimum absolute atomic E-state index is 0.194. The monoisotopic (exact) mass is 241 g/mol. The number of aromatic nitrogens is 2. The van der Waals surface area contributed by atoms with Crippen LogP contribution in [0.2, 0.25) is 0 Å². The van der Waals surface area contributed by atoms with Crippen molar-refractivity contribution in [2.45, 2.75) is 6.10 Å². The highest BCUT2D eigenvalue weighted by Gasteiger charge is 2.11. The third kappa shape index (κ3) is 4.04. The summed E-state index contributed by atoms with van der Waals surface area (Å²) in [5.41, 5.74) is 5.59. The van der Waals surface area contributed by atoms with Gasteiger partial charge in [0.25, 0.3) is 0 Å². The van der Waals surface area contributed by atoms with Gasteiger partial charge in [-0.2, -0.15) is 9.97 Å². The fraction of sp³-hybridized carbons (Fsp3) is 0.600. The highest BCUT2D eigenvalue weighted by molar-refractivity contribution is 5.51. The number of hydrogen-bond acceptors (Lipinski definition) is 7. The van der Waals surface area contributed by atoms with Crippen LogP contribution < -0.4 is 16.0 Å². The Bertz CT molecular complexity index is 361. The molecule has 0 aliphatic rings. The molecule has 0 saturated carbocycles. The maximum Gasteiger partial charge on any atom is 0.223 e. The van der Waals surface area contributed by atoms with Crippen molar-refractivity contribution < 1.29 is 9.84 Å². The van der Waals surface area contributed by atoms with E-state index in [2.05, 4.69) is 15.3 Å². The number of nitrogens with one attached hydrogen (secondary N) is 1. The summed E-state index contributed by atoms with van der Waals surface area (Å²) in [6, 6.07) is 1.76. The van der Waals surface area contributed by atoms with Gasteiger partial charge in [0.2, 0.25) is 5.95 Å². The van der Waals surface area contributed by atoms with Crippen LogP contribution in [0.4, 0.5) is 17.6 Å². The van der Waals surface area contributed by atoms with Crippen molar-refractivity contribution in [3.05, 3.63) is 6.07 Å². The van der Waals surface area contributed by atoms with Crippen molar-refractivity contribution in [3.8, 4) is 0 Å². The van der Waals surface area contributed by atoms with Gasteiger partial charge in [0.1, 0.15) is 11.6 Å². The highest BCUT2D eigenvalue weighted by Crippen LogP contribution is 2.15. The SMILES string of the molecule is CNc1cc(N(C)CC(O)COC)nc(N)n1. The summed E-state index contributed by atoms with van der Waals surface area (Å²) in [6.45, 7) is 0.692. The van der Waals surface area contributed by atoms with E-state index >= 15 is 0 Å². The second kappa shape index (κ2) is 6.21. The van der Waals surface area contributed by atoms with Crippen LogP contribution in [0.15, 0.2) is 6.07 Å². The maximum atomic E-state index is 9.62. The van der Waals surface area contributed by atoms with Crippen molar-refractivity contribution in [2.24, 2.45) is 0 Å². The van der Waals surface area contributed by atoms with Crippen LogP contribution in [0.5, 0.6) is 0 Å². The highest BCUT2D eigenvalue weighted by atomic mass is 16.5. The molecule has 1 aromatic heterocycles. The Morgan fingerprint density at radius 1 is 1.59 bits per heavy atom. The molecule has 0 aromatic carbocycles. The standard InChI is InChI=1S/C10H19N5O2/c1-12-8-4-9(14-10(11)13-8)15(2)5-7(16)6-17-3/h4,7,16H,5-6H2,1-3H3,(H3,11,12,13,14). The minimum Gasteiger partial charge on any atom is -0.389 e. The molecule has 0 spiro atoms. The normalized spacial score (nSPS) is 12.2. The lowest BCUT2D eigenvalue weighted by atomic mass is 10.3. The number of aliphatic hydroxyl groups excluding tert-OH is 1. The molecule has 1 atom stereocenters. The van der Waals surface area contributed by atoms with Crippen molar-refractivity contribution in [1.82, 2.24) is 9.97 Å². The first kappa shape index (κ1) is 13.5. The molecule has 0 radical (unpaired) electrons. The van der Waals surface area contributed by atoms with E-state index in [-0.39, 0.29) is 12.6 Å². The molecule has 1 aromatic rings. The Morgan fingerprint density at radius 2 is 2.29 bits per heavy atom. The van der Waals surface area contributed by atoms with Gasteiger partial charge >= 0.3 is 0 Å². The predicted molar refractivity (Wildman–Crippen MR) is 67.1 cm³/mol. The third-order valence-electron chi connectivity index (χ3n) is 2.22. The Kier molecular flexibility index (Phi) is 4.92. The lowest BCUT2D eigenvalue weighted by Crippen LogP contribution is -2.32. The molecule has 4 N–H and O–H groups in total. The van der Waals surface area contributed by atoms with E-state index in [1.807, 2.05) is 7.05 Å². The second-order valence-electron chi connectivity index (χ2n) is 3.71. The number of rotatable bonds is 6. The first-order valence-corrected chi connectivity index (χ1v) is 5.27. The number of nitrogen functional groups attached to an aromatic ring is 1. The van der Waals surface area contributed by atoms with E-state index in [1.165, 1.54) is 0 Å². The fourth-order valence-corrected chi connectivity index (χ4v) is 1.43. The number of nitrogens with two attached hydrogens (primary N) is 1. The Hall–Kier alpha value is -1.60. The number of hydrogen-bond donors (Lipinski definition) is 3. The largest absolute Gasteiger partial charge is 0.389 e. The van der Waals surface area contributed by atoms with Crippen molar-refractivity contribution in [3.63, 3.8) is 0 Å². The van der Waals surface area contributed by atoms with E-state index in [1.54, 1.807) is 25.1 Å². The zero-order chi connectivity index (χ0) is 12.8. The quantitative estimate of drug-likeness (QED) is 0.620.